The van der Waals surface area contributed by atoms with Crippen LogP contribution in [0.2, 0.25) is 0 Å². The van der Waals surface area contributed by atoms with E-state index >= 15 is 0 Å². The quantitative estimate of drug-likeness (QED) is 0.545. The van der Waals surface area contributed by atoms with E-state index in [-0.39, 0.29) is 17.8 Å². The smallest absolute Gasteiger partial charge is 0.288 e. The van der Waals surface area contributed by atoms with Crippen LogP contribution < -0.4 is 10.1 Å². The average molecular weight is 433 g/mol. The second kappa shape index (κ2) is 7.44. The van der Waals surface area contributed by atoms with Gasteiger partial charge in [-0.2, -0.15) is 0 Å². The molecule has 1 aromatic heterocycles. The molecular weight excluding hydrogens is 412 g/mol. The second-order valence-electron chi connectivity index (χ2n) is 7.01. The van der Waals surface area contributed by atoms with Crippen LogP contribution in [0.25, 0.3) is 0 Å². The number of nitrogens with zero attached hydrogens (tertiary/aromatic N) is 3. The van der Waals surface area contributed by atoms with Gasteiger partial charge in [0.1, 0.15) is 17.8 Å². The average Bonchev–Trinajstić information content (AvgIpc) is 3.43. The maximum Gasteiger partial charge on any atom is 0.288 e. The van der Waals surface area contributed by atoms with Crippen LogP contribution in [0.15, 0.2) is 41.0 Å². The zero-order valence-electron chi connectivity index (χ0n) is 15.0. The topological polar surface area (TPSA) is 80.5 Å². The van der Waals surface area contributed by atoms with Gasteiger partial charge < -0.3 is 10.1 Å². The molecule has 1 aromatic carbocycles. The van der Waals surface area contributed by atoms with Crippen molar-refractivity contribution in [1.82, 2.24) is 9.88 Å². The Labute approximate surface area is 166 Å². The summed E-state index contributed by atoms with van der Waals surface area (Å²) in [5.74, 6) is 1.49. The highest BCUT2D eigenvalue weighted by atomic mass is 79.9. The molecule has 1 saturated heterocycles. The number of hydrogen-bond donors (Lipinski definition) is 1. The Bertz CT molecular complexity index is 859. The normalized spacial score (nSPS) is 22.6. The lowest BCUT2D eigenvalue weighted by atomic mass is 9.99. The first kappa shape index (κ1) is 18.2. The monoisotopic (exact) mass is 432 g/mol. The first-order valence-electron chi connectivity index (χ1n) is 9.03. The summed E-state index contributed by atoms with van der Waals surface area (Å²) in [6.45, 7) is 1.02. The van der Waals surface area contributed by atoms with E-state index in [1.54, 1.807) is 7.11 Å². The highest BCUT2D eigenvalue weighted by Gasteiger charge is 2.43. The van der Waals surface area contributed by atoms with Crippen molar-refractivity contribution in [3.63, 3.8) is 0 Å². The molecule has 1 N–H and O–H groups in total. The van der Waals surface area contributed by atoms with E-state index in [0.717, 1.165) is 18.7 Å². The molecule has 2 aromatic rings. The van der Waals surface area contributed by atoms with Gasteiger partial charge in [0.15, 0.2) is 0 Å². The number of anilines is 1. The molecule has 1 aliphatic heterocycles. The molecule has 2 unspecified atom stereocenters. The maximum atomic E-state index is 10.9. The van der Waals surface area contributed by atoms with E-state index in [4.69, 9.17) is 4.74 Å². The minimum absolute atomic E-state index is 0.0252. The minimum atomic E-state index is -0.439. The van der Waals surface area contributed by atoms with E-state index in [9.17, 15) is 10.1 Å². The summed E-state index contributed by atoms with van der Waals surface area (Å²) < 4.78 is 6.01. The molecule has 2 atom stereocenters. The fourth-order valence-corrected chi connectivity index (χ4v) is 4.29. The molecule has 0 amide bonds. The highest BCUT2D eigenvalue weighted by Crippen LogP contribution is 2.43. The molecule has 142 valence electrons. The summed E-state index contributed by atoms with van der Waals surface area (Å²) in [4.78, 5) is 17.3. The molecule has 2 heterocycles. The van der Waals surface area contributed by atoms with Gasteiger partial charge >= 0.3 is 0 Å². The number of ether oxygens (including phenoxy) is 1. The fourth-order valence-electron chi connectivity index (χ4n) is 3.84. The number of methoxy groups -OCH3 is 1. The van der Waals surface area contributed by atoms with Crippen LogP contribution >= 0.6 is 15.9 Å². The van der Waals surface area contributed by atoms with Crippen molar-refractivity contribution >= 4 is 27.4 Å². The lowest BCUT2D eigenvalue weighted by molar-refractivity contribution is -0.385. The van der Waals surface area contributed by atoms with Crippen LogP contribution in [-0.2, 0) is 0 Å². The largest absolute Gasteiger partial charge is 0.497 e. The van der Waals surface area contributed by atoms with Crippen molar-refractivity contribution in [2.24, 2.45) is 0 Å². The summed E-state index contributed by atoms with van der Waals surface area (Å²) in [5, 5.41) is 14.4. The fraction of sp³-hybridized carbons (Fsp3) is 0.421. The number of likely N-dealkylation sites (tertiary alicyclic amines) is 1. The predicted octanol–water partition coefficient (Wildman–Crippen LogP) is 4.15. The Kier molecular flexibility index (Phi) is 5.01. The van der Waals surface area contributed by atoms with Gasteiger partial charge in [-0.25, -0.2) is 4.98 Å². The maximum absolute atomic E-state index is 10.9. The standard InChI is InChI=1S/C19H21BrN4O3/c1-27-15-4-2-3-12(9-15)18-17(7-8-23(18)13-5-6-13)22-19-16(20)10-14(11-21-19)24(25)26/h2-4,9-11,13,17-18H,5-8H2,1H3,(H,21,22). The molecule has 2 aliphatic rings. The van der Waals surface area contributed by atoms with Crippen molar-refractivity contribution in [3.8, 4) is 5.75 Å². The van der Waals surface area contributed by atoms with E-state index in [1.807, 2.05) is 12.1 Å². The van der Waals surface area contributed by atoms with Crippen molar-refractivity contribution in [2.75, 3.05) is 19.0 Å². The van der Waals surface area contributed by atoms with Gasteiger partial charge in [-0.1, -0.05) is 12.1 Å². The zero-order valence-corrected chi connectivity index (χ0v) is 16.6. The van der Waals surface area contributed by atoms with Crippen molar-refractivity contribution in [2.45, 2.75) is 37.4 Å². The molecule has 27 heavy (non-hydrogen) atoms. The van der Waals surface area contributed by atoms with E-state index in [2.05, 4.69) is 43.3 Å². The van der Waals surface area contributed by atoms with E-state index in [0.29, 0.717) is 16.3 Å². The number of benzene rings is 1. The third-order valence-electron chi connectivity index (χ3n) is 5.25. The zero-order chi connectivity index (χ0) is 19.0. The Balaban J connectivity index is 1.61. The summed E-state index contributed by atoms with van der Waals surface area (Å²) in [6.07, 6.45) is 4.77. The number of halogens is 1. The van der Waals surface area contributed by atoms with Gasteiger partial charge in [-0.3, -0.25) is 15.0 Å². The molecule has 0 spiro atoms. The van der Waals surface area contributed by atoms with Crippen LogP contribution in [0, 0.1) is 10.1 Å². The first-order chi connectivity index (χ1) is 13.1. The summed E-state index contributed by atoms with van der Waals surface area (Å²) in [6, 6.07) is 10.7. The van der Waals surface area contributed by atoms with Gasteiger partial charge in [0, 0.05) is 24.7 Å². The van der Waals surface area contributed by atoms with Crippen LogP contribution in [0.4, 0.5) is 11.5 Å². The van der Waals surface area contributed by atoms with Crippen molar-refractivity contribution < 1.29 is 9.66 Å². The number of nitrogens with one attached hydrogen (secondary N) is 1. The molecule has 8 heteroatoms. The SMILES string of the molecule is COc1cccc(C2C(Nc3ncc([N+](=O)[O-])cc3Br)CCN2C2CC2)c1. The van der Waals surface area contributed by atoms with E-state index < -0.39 is 4.92 Å². The molecule has 7 nitrogen and oxygen atoms in total. The number of nitro groups is 1. The third-order valence-corrected chi connectivity index (χ3v) is 5.85. The third kappa shape index (κ3) is 3.77. The van der Waals surface area contributed by atoms with Gasteiger partial charge in [0.25, 0.3) is 5.69 Å². The van der Waals surface area contributed by atoms with Gasteiger partial charge in [0.2, 0.25) is 0 Å². The first-order valence-corrected chi connectivity index (χ1v) is 9.82. The van der Waals surface area contributed by atoms with Crippen molar-refractivity contribution in [1.29, 1.82) is 0 Å². The Morgan fingerprint density at radius 1 is 1.33 bits per heavy atom. The van der Waals surface area contributed by atoms with Crippen LogP contribution in [0.1, 0.15) is 30.9 Å². The number of pyridine rings is 1. The number of hydrogen-bond acceptors (Lipinski definition) is 6. The Morgan fingerprint density at radius 3 is 2.81 bits per heavy atom. The summed E-state index contributed by atoms with van der Waals surface area (Å²) in [7, 11) is 1.68. The number of rotatable bonds is 6. The van der Waals surface area contributed by atoms with Gasteiger partial charge in [0.05, 0.1) is 22.5 Å². The lowest BCUT2D eigenvalue weighted by Crippen LogP contribution is -2.33. The van der Waals surface area contributed by atoms with E-state index in [1.165, 1.54) is 30.7 Å². The molecule has 1 aliphatic carbocycles. The number of aromatic nitrogens is 1. The molecule has 4 rings (SSSR count). The lowest BCUT2D eigenvalue weighted by Gasteiger charge is -2.29. The summed E-state index contributed by atoms with van der Waals surface area (Å²) in [5.41, 5.74) is 1.19. The van der Waals surface area contributed by atoms with Crippen molar-refractivity contribution in [3.05, 3.63) is 56.7 Å². The van der Waals surface area contributed by atoms with Gasteiger partial charge in [-0.15, -0.1) is 0 Å². The molecular formula is C19H21BrN4O3. The Morgan fingerprint density at radius 2 is 2.15 bits per heavy atom. The minimum Gasteiger partial charge on any atom is -0.497 e. The molecule has 1 saturated carbocycles. The predicted molar refractivity (Wildman–Crippen MR) is 106 cm³/mol. The van der Waals surface area contributed by atoms with Gasteiger partial charge in [-0.05, 0) is 52.9 Å². The van der Waals surface area contributed by atoms with Crippen LogP contribution in [0.3, 0.4) is 0 Å². The molecule has 0 bridgehead atoms. The van der Waals surface area contributed by atoms with Crippen LogP contribution in [-0.4, -0.2) is 40.5 Å². The van der Waals surface area contributed by atoms with Crippen LogP contribution in [0.5, 0.6) is 5.75 Å². The Hall–Kier alpha value is -2.19. The second-order valence-corrected chi connectivity index (χ2v) is 7.87. The molecule has 2 fully saturated rings. The summed E-state index contributed by atoms with van der Waals surface area (Å²) >= 11 is 3.42. The highest BCUT2D eigenvalue weighted by molar-refractivity contribution is 9.10. The molecule has 0 radical (unpaired) electrons.